The summed E-state index contributed by atoms with van der Waals surface area (Å²) in [5, 5.41) is -0.0117. The van der Waals surface area contributed by atoms with Gasteiger partial charge in [-0.15, -0.1) is 0 Å². The molecule has 7 rings (SSSR count). The Bertz CT molecular complexity index is 1680. The Labute approximate surface area is 296 Å². The van der Waals surface area contributed by atoms with Crippen LogP contribution in [0.2, 0.25) is 5.02 Å². The molecule has 1 amide bonds. The van der Waals surface area contributed by atoms with E-state index in [9.17, 15) is 13.2 Å². The number of likely N-dealkylation sites (tertiary alicyclic amines) is 1. The molecule has 2 aliphatic carbocycles. The monoisotopic (exact) mass is 711 g/mol. The first-order valence-corrected chi connectivity index (χ1v) is 19.9. The summed E-state index contributed by atoms with van der Waals surface area (Å²) in [6.07, 6.45) is 10.3. The second-order valence-corrected chi connectivity index (χ2v) is 17.5. The maximum absolute atomic E-state index is 13.5. The summed E-state index contributed by atoms with van der Waals surface area (Å²) in [7, 11) is -2.16. The normalized spacial score (nSPS) is 32.4. The summed E-state index contributed by atoms with van der Waals surface area (Å²) < 4.78 is 48.0. The van der Waals surface area contributed by atoms with Crippen molar-refractivity contribution in [2.45, 2.75) is 75.2 Å². The highest BCUT2D eigenvalue weighted by Crippen LogP contribution is 2.47. The second kappa shape index (κ2) is 14.2. The zero-order valence-electron chi connectivity index (χ0n) is 28.9. The Morgan fingerprint density at radius 2 is 1.94 bits per heavy atom. The van der Waals surface area contributed by atoms with Crippen molar-refractivity contribution in [3.05, 3.63) is 70.3 Å². The molecule has 2 fully saturated rings. The smallest absolute Gasteiger partial charge is 0.264 e. The van der Waals surface area contributed by atoms with Crippen molar-refractivity contribution in [2.24, 2.45) is 17.8 Å². The number of carbonyl (C=O) groups is 1. The largest absolute Gasteiger partial charge is 0.490 e. The van der Waals surface area contributed by atoms with Gasteiger partial charge < -0.3 is 19.1 Å². The van der Waals surface area contributed by atoms with Crippen molar-refractivity contribution in [1.29, 1.82) is 0 Å². The number of sulfonamides is 1. The Hall–Kier alpha value is -2.63. The molecule has 1 saturated heterocycles. The summed E-state index contributed by atoms with van der Waals surface area (Å²) >= 11 is 6.46. The fraction of sp³-hybridized carbons (Fsp3) is 0.605. The molecule has 1 N–H and O–H groups in total. The average Bonchev–Trinajstić information content (AvgIpc) is 3.19. The minimum absolute atomic E-state index is 0.0643. The van der Waals surface area contributed by atoms with Crippen molar-refractivity contribution >= 4 is 33.2 Å². The highest BCUT2D eigenvalue weighted by molar-refractivity contribution is 7.90. The van der Waals surface area contributed by atoms with Crippen LogP contribution in [0, 0.1) is 17.8 Å². The van der Waals surface area contributed by atoms with E-state index in [1.165, 1.54) is 11.1 Å². The Morgan fingerprint density at radius 3 is 2.71 bits per heavy atom. The summed E-state index contributed by atoms with van der Waals surface area (Å²) in [6.45, 7) is 8.99. The van der Waals surface area contributed by atoms with Gasteiger partial charge in [-0.2, -0.15) is 0 Å². The number of nitrogens with one attached hydrogen (secondary N) is 1. The Morgan fingerprint density at radius 1 is 1.10 bits per heavy atom. The first-order chi connectivity index (χ1) is 23.5. The molecule has 2 aromatic rings. The molecule has 1 spiro atoms. The number of hydrogen-bond donors (Lipinski definition) is 1. The molecule has 2 bridgehead atoms. The van der Waals surface area contributed by atoms with E-state index in [1.54, 1.807) is 20.1 Å². The molecule has 3 heterocycles. The third kappa shape index (κ3) is 7.13. The molecule has 266 valence electrons. The predicted molar refractivity (Wildman–Crippen MR) is 192 cm³/mol. The van der Waals surface area contributed by atoms with Gasteiger partial charge in [0.05, 0.1) is 36.4 Å². The molecule has 11 heteroatoms. The number of aryl methyl sites for hydroxylation is 1. The predicted octanol–water partition coefficient (Wildman–Crippen LogP) is 5.60. The van der Waals surface area contributed by atoms with Gasteiger partial charge in [0.1, 0.15) is 5.75 Å². The van der Waals surface area contributed by atoms with Gasteiger partial charge in [-0.1, -0.05) is 36.7 Å². The number of amides is 1. The van der Waals surface area contributed by atoms with Crippen LogP contribution < -0.4 is 14.4 Å². The van der Waals surface area contributed by atoms with E-state index in [0.29, 0.717) is 48.9 Å². The summed E-state index contributed by atoms with van der Waals surface area (Å²) in [5.74, 6) is 0.619. The Balaban J connectivity index is 1.22. The molecule has 9 nitrogen and oxygen atoms in total. The van der Waals surface area contributed by atoms with Gasteiger partial charge in [-0.3, -0.25) is 9.69 Å². The zero-order chi connectivity index (χ0) is 34.3. The molecule has 49 heavy (non-hydrogen) atoms. The van der Waals surface area contributed by atoms with Gasteiger partial charge in [0.25, 0.3) is 5.91 Å². The molecule has 0 radical (unpaired) electrons. The van der Waals surface area contributed by atoms with E-state index >= 15 is 0 Å². The number of fused-ring (bicyclic) bond motifs is 4. The van der Waals surface area contributed by atoms with Crippen LogP contribution in [0.3, 0.4) is 0 Å². The topological polar surface area (TPSA) is 97.4 Å². The summed E-state index contributed by atoms with van der Waals surface area (Å²) in [6, 6.07) is 11.6. The molecule has 5 aliphatic rings. The number of benzene rings is 2. The third-order valence-electron chi connectivity index (χ3n) is 12.0. The van der Waals surface area contributed by atoms with Gasteiger partial charge in [0.15, 0.2) is 0 Å². The fourth-order valence-corrected chi connectivity index (χ4v) is 9.97. The fourth-order valence-electron chi connectivity index (χ4n) is 8.49. The van der Waals surface area contributed by atoms with Gasteiger partial charge in [-0.25, -0.2) is 13.1 Å². The van der Waals surface area contributed by atoms with Crippen molar-refractivity contribution in [2.75, 3.05) is 57.9 Å². The molecule has 3 aliphatic heterocycles. The maximum atomic E-state index is 13.5. The number of allylic oxidation sites excluding steroid dienone is 1. The van der Waals surface area contributed by atoms with E-state index in [2.05, 4.69) is 38.8 Å². The molecule has 0 unspecified atom stereocenters. The SMILES string of the molecule is COC1CN(CCO[C@H]2/C=C/C[C@H](C)[C@@H](C)S(=O)(=O)NC(=O)c3ccc4c(c3)N(C[C@@H]3CC[C@H]32)C[C@@]2(CCCc3cc(Cl)ccc32)CO4)C1. The van der Waals surface area contributed by atoms with E-state index in [-0.39, 0.29) is 17.4 Å². The van der Waals surface area contributed by atoms with Crippen molar-refractivity contribution in [1.82, 2.24) is 9.62 Å². The van der Waals surface area contributed by atoms with Crippen LogP contribution in [-0.2, 0) is 31.3 Å². The molecule has 1 saturated carbocycles. The number of anilines is 1. The third-order valence-corrected chi connectivity index (χ3v) is 14.1. The van der Waals surface area contributed by atoms with Crippen LogP contribution in [0.5, 0.6) is 5.75 Å². The van der Waals surface area contributed by atoms with Gasteiger partial charge in [0.2, 0.25) is 10.0 Å². The lowest BCUT2D eigenvalue weighted by Gasteiger charge is -2.46. The Kier molecular flexibility index (Phi) is 10.1. The van der Waals surface area contributed by atoms with Gasteiger partial charge in [-0.05, 0) is 105 Å². The van der Waals surface area contributed by atoms with Crippen molar-refractivity contribution in [3.8, 4) is 5.75 Å². The molecular weight excluding hydrogens is 662 g/mol. The minimum atomic E-state index is -3.92. The summed E-state index contributed by atoms with van der Waals surface area (Å²) in [4.78, 5) is 18.3. The highest BCUT2D eigenvalue weighted by Gasteiger charge is 2.45. The van der Waals surface area contributed by atoms with Crippen LogP contribution in [0.15, 0.2) is 48.6 Å². The van der Waals surface area contributed by atoms with Crippen LogP contribution in [0.4, 0.5) is 5.69 Å². The van der Waals surface area contributed by atoms with Crippen molar-refractivity contribution < 1.29 is 27.4 Å². The molecule has 6 atom stereocenters. The first-order valence-electron chi connectivity index (χ1n) is 18.0. The van der Waals surface area contributed by atoms with E-state index in [0.717, 1.165) is 75.5 Å². The van der Waals surface area contributed by atoms with Crippen LogP contribution >= 0.6 is 11.6 Å². The number of methoxy groups -OCH3 is 1. The van der Waals surface area contributed by atoms with Crippen molar-refractivity contribution in [3.63, 3.8) is 0 Å². The number of hydrogen-bond acceptors (Lipinski definition) is 8. The average molecular weight is 712 g/mol. The maximum Gasteiger partial charge on any atom is 0.264 e. The molecule has 2 aromatic carbocycles. The number of rotatable bonds is 5. The van der Waals surface area contributed by atoms with Crippen LogP contribution in [0.25, 0.3) is 0 Å². The lowest BCUT2D eigenvalue weighted by Crippen LogP contribution is -2.53. The standard InChI is InChI=1S/C38H50ClN3O6S/c1-25-6-4-8-35(47-17-16-41-21-31(22-41)46-3)32-12-9-29(32)20-42-23-38(15-5-7-27-18-30(39)11-13-33(27)38)24-48-36-14-10-28(19-34(36)42)37(43)40-49(44,45)26(25)2/h4,8,10-11,13-14,18-19,25-26,29,31-32,35H,5-7,9,12,15-17,20-24H2,1-3H3,(H,40,43)/b8-4+/t25-,26+,29-,32+,35-,38-/m0/s1. The van der Waals surface area contributed by atoms with E-state index in [1.807, 2.05) is 25.1 Å². The van der Waals surface area contributed by atoms with E-state index in [4.69, 9.17) is 25.8 Å². The lowest BCUT2D eigenvalue weighted by atomic mass is 9.68. The minimum Gasteiger partial charge on any atom is -0.490 e. The molecular formula is C38H50ClN3O6S. The second-order valence-electron chi connectivity index (χ2n) is 15.1. The summed E-state index contributed by atoms with van der Waals surface area (Å²) in [5.41, 5.74) is 3.45. The highest BCUT2D eigenvalue weighted by atomic mass is 35.5. The number of carbonyl (C=O) groups excluding carboxylic acids is 1. The van der Waals surface area contributed by atoms with Gasteiger partial charge >= 0.3 is 0 Å². The lowest BCUT2D eigenvalue weighted by molar-refractivity contribution is -0.0592. The number of ether oxygens (including phenoxy) is 3. The molecule has 0 aromatic heterocycles. The van der Waals surface area contributed by atoms with Crippen LogP contribution in [0.1, 0.15) is 67.4 Å². The number of nitrogens with zero attached hydrogens (tertiary/aromatic N) is 2. The number of halogens is 1. The first kappa shape index (κ1) is 34.8. The van der Waals surface area contributed by atoms with Crippen LogP contribution in [-0.4, -0.2) is 89.7 Å². The quantitative estimate of drug-likeness (QED) is 0.401. The van der Waals surface area contributed by atoms with E-state index < -0.39 is 21.2 Å². The van der Waals surface area contributed by atoms with Gasteiger partial charge in [0, 0.05) is 55.8 Å². The zero-order valence-corrected chi connectivity index (χ0v) is 30.5.